The number of tetrazole rings is 1. The molecule has 35 heavy (non-hydrogen) atoms. The van der Waals surface area contributed by atoms with Gasteiger partial charge in [0.1, 0.15) is 11.2 Å². The summed E-state index contributed by atoms with van der Waals surface area (Å²) in [6.45, 7) is 3.93. The number of carbonyl (C=O) groups is 1. The molecule has 11 nitrogen and oxygen atoms in total. The summed E-state index contributed by atoms with van der Waals surface area (Å²) in [5, 5.41) is 14.2. The van der Waals surface area contributed by atoms with Gasteiger partial charge in [0, 0.05) is 37.4 Å². The van der Waals surface area contributed by atoms with E-state index in [0.717, 1.165) is 74.5 Å². The fraction of sp³-hybridized carbons (Fsp3) is 0.458. The van der Waals surface area contributed by atoms with E-state index in [1.54, 1.807) is 6.20 Å². The third-order valence-corrected chi connectivity index (χ3v) is 7.18. The number of piperidine rings is 2. The van der Waals surface area contributed by atoms with Gasteiger partial charge in [-0.3, -0.25) is 14.7 Å². The first-order valence-corrected chi connectivity index (χ1v) is 12.2. The van der Waals surface area contributed by atoms with Gasteiger partial charge in [0.2, 0.25) is 5.91 Å². The summed E-state index contributed by atoms with van der Waals surface area (Å²) in [6, 6.07) is 10.0. The van der Waals surface area contributed by atoms with E-state index in [9.17, 15) is 4.79 Å². The van der Waals surface area contributed by atoms with Crippen molar-refractivity contribution in [3.05, 3.63) is 48.5 Å². The molecule has 0 aliphatic carbocycles. The molecule has 0 unspecified atom stereocenters. The molecule has 2 aliphatic rings. The smallest absolute Gasteiger partial charge is 0.225 e. The molecule has 0 radical (unpaired) electrons. The van der Waals surface area contributed by atoms with Gasteiger partial charge in [-0.05, 0) is 63.0 Å². The lowest BCUT2D eigenvalue weighted by molar-refractivity contribution is -0.138. The Labute approximate surface area is 202 Å². The van der Waals surface area contributed by atoms with Crippen LogP contribution in [0.5, 0.6) is 0 Å². The van der Waals surface area contributed by atoms with E-state index in [1.165, 1.54) is 0 Å². The lowest BCUT2D eigenvalue weighted by Gasteiger charge is -2.37. The number of nitrogens with zero attached hydrogens (tertiary/aromatic N) is 9. The maximum absolute atomic E-state index is 13.3. The van der Waals surface area contributed by atoms with E-state index < -0.39 is 0 Å². The Morgan fingerprint density at radius 1 is 0.971 bits per heavy atom. The van der Waals surface area contributed by atoms with Crippen molar-refractivity contribution in [3.63, 3.8) is 0 Å². The van der Waals surface area contributed by atoms with Crippen LogP contribution in [-0.4, -0.2) is 82.0 Å². The van der Waals surface area contributed by atoms with Crippen LogP contribution in [0.25, 0.3) is 22.7 Å². The number of imidazole rings is 1. The number of nitrogens with one attached hydrogen (secondary N) is 1. The van der Waals surface area contributed by atoms with Gasteiger partial charge in [-0.25, -0.2) is 9.97 Å². The lowest BCUT2D eigenvalue weighted by Crippen LogP contribution is -2.45. The number of hydrogen-bond acceptors (Lipinski definition) is 8. The quantitative estimate of drug-likeness (QED) is 0.469. The Morgan fingerprint density at radius 2 is 1.80 bits per heavy atom. The molecule has 1 amide bonds. The maximum Gasteiger partial charge on any atom is 0.225 e. The number of aromatic nitrogens is 8. The Balaban J connectivity index is 1.12. The second-order valence-electron chi connectivity index (χ2n) is 9.30. The van der Waals surface area contributed by atoms with Gasteiger partial charge < -0.3 is 9.47 Å². The average Bonchev–Trinajstić information content (AvgIpc) is 3.57. The fourth-order valence-corrected chi connectivity index (χ4v) is 5.34. The summed E-state index contributed by atoms with van der Waals surface area (Å²) in [5.41, 5.74) is 2.60. The highest BCUT2D eigenvalue weighted by molar-refractivity contribution is 5.79. The van der Waals surface area contributed by atoms with Crippen molar-refractivity contribution in [2.24, 2.45) is 5.92 Å². The topological polar surface area (TPSA) is 122 Å². The SMILES string of the molecule is O=C(C1CCN(Cc2nn[nH]n2)CC1)N1CCC(n2c(-c3ccccn3)nc3cccnc32)CC1. The Kier molecular flexibility index (Phi) is 5.91. The molecule has 4 aromatic heterocycles. The third-order valence-electron chi connectivity index (χ3n) is 7.18. The predicted octanol–water partition coefficient (Wildman–Crippen LogP) is 2.08. The molecule has 2 aliphatic heterocycles. The predicted molar refractivity (Wildman–Crippen MR) is 128 cm³/mol. The van der Waals surface area contributed by atoms with Gasteiger partial charge in [0.25, 0.3) is 0 Å². The molecule has 1 N–H and O–H groups in total. The molecule has 0 bridgehead atoms. The van der Waals surface area contributed by atoms with E-state index in [-0.39, 0.29) is 12.0 Å². The molecular formula is C24H28N10O. The minimum atomic E-state index is 0.0906. The molecule has 2 saturated heterocycles. The number of hydrogen-bond donors (Lipinski definition) is 1. The third kappa shape index (κ3) is 4.39. The standard InChI is InChI=1S/C24H28N10O/c35-24(17-6-12-32(13-7-17)16-21-28-30-31-29-21)33-14-8-18(9-15-33)34-22-20(5-3-11-26-22)27-23(34)19-4-1-2-10-25-19/h1-5,10-11,17-18H,6-9,12-16H2,(H,28,29,30,31). The number of aromatic amines is 1. The van der Waals surface area contributed by atoms with Crippen LogP contribution < -0.4 is 0 Å². The highest BCUT2D eigenvalue weighted by atomic mass is 16.2. The maximum atomic E-state index is 13.3. The van der Waals surface area contributed by atoms with Crippen LogP contribution >= 0.6 is 0 Å². The first-order valence-electron chi connectivity index (χ1n) is 12.2. The molecule has 0 aromatic carbocycles. The monoisotopic (exact) mass is 472 g/mol. The molecule has 6 rings (SSSR count). The zero-order valence-electron chi connectivity index (χ0n) is 19.5. The van der Waals surface area contributed by atoms with Crippen molar-refractivity contribution in [2.75, 3.05) is 26.2 Å². The number of H-pyrrole nitrogens is 1. The molecule has 4 aromatic rings. The van der Waals surface area contributed by atoms with E-state index >= 15 is 0 Å². The number of fused-ring (bicyclic) bond motifs is 1. The normalized spacial score (nSPS) is 18.3. The molecular weight excluding hydrogens is 444 g/mol. The number of rotatable bonds is 5. The van der Waals surface area contributed by atoms with Gasteiger partial charge in [-0.1, -0.05) is 11.3 Å². The number of pyridine rings is 2. The molecule has 180 valence electrons. The molecule has 0 atom stereocenters. The van der Waals surface area contributed by atoms with Crippen LogP contribution in [0.15, 0.2) is 42.7 Å². The van der Waals surface area contributed by atoms with Gasteiger partial charge in [-0.2, -0.15) is 5.21 Å². The second-order valence-corrected chi connectivity index (χ2v) is 9.30. The van der Waals surface area contributed by atoms with Crippen molar-refractivity contribution in [3.8, 4) is 11.5 Å². The summed E-state index contributed by atoms with van der Waals surface area (Å²) < 4.78 is 2.23. The fourth-order valence-electron chi connectivity index (χ4n) is 5.34. The largest absolute Gasteiger partial charge is 0.342 e. The van der Waals surface area contributed by atoms with Gasteiger partial charge in [0.05, 0.1) is 6.54 Å². The highest BCUT2D eigenvalue weighted by Crippen LogP contribution is 2.33. The van der Waals surface area contributed by atoms with Gasteiger partial charge in [-0.15, -0.1) is 10.2 Å². The van der Waals surface area contributed by atoms with Crippen molar-refractivity contribution >= 4 is 17.1 Å². The van der Waals surface area contributed by atoms with Crippen molar-refractivity contribution in [1.29, 1.82) is 0 Å². The lowest BCUT2D eigenvalue weighted by atomic mass is 9.93. The first kappa shape index (κ1) is 21.8. The zero-order valence-corrected chi connectivity index (χ0v) is 19.5. The Morgan fingerprint density at radius 3 is 2.54 bits per heavy atom. The molecule has 6 heterocycles. The van der Waals surface area contributed by atoms with Crippen LogP contribution in [-0.2, 0) is 11.3 Å². The van der Waals surface area contributed by atoms with Crippen LogP contribution in [0.4, 0.5) is 0 Å². The molecule has 11 heteroatoms. The van der Waals surface area contributed by atoms with E-state index in [0.29, 0.717) is 18.3 Å². The minimum Gasteiger partial charge on any atom is -0.342 e. The summed E-state index contributed by atoms with van der Waals surface area (Å²) >= 11 is 0. The molecule has 0 spiro atoms. The summed E-state index contributed by atoms with van der Waals surface area (Å²) in [7, 11) is 0. The van der Waals surface area contributed by atoms with E-state index in [2.05, 4.69) is 45.0 Å². The Hall–Kier alpha value is -3.73. The summed E-state index contributed by atoms with van der Waals surface area (Å²) in [4.78, 5) is 31.7. The summed E-state index contributed by atoms with van der Waals surface area (Å²) in [6.07, 6.45) is 7.11. The highest BCUT2D eigenvalue weighted by Gasteiger charge is 2.33. The van der Waals surface area contributed by atoms with Crippen molar-refractivity contribution in [2.45, 2.75) is 38.3 Å². The summed E-state index contributed by atoms with van der Waals surface area (Å²) in [5.74, 6) is 1.93. The minimum absolute atomic E-state index is 0.0906. The van der Waals surface area contributed by atoms with Crippen LogP contribution in [0.1, 0.15) is 37.5 Å². The van der Waals surface area contributed by atoms with Crippen LogP contribution in [0.2, 0.25) is 0 Å². The molecule has 0 saturated carbocycles. The first-order chi connectivity index (χ1) is 17.3. The van der Waals surface area contributed by atoms with E-state index in [1.807, 2.05) is 36.5 Å². The number of likely N-dealkylation sites (tertiary alicyclic amines) is 2. The van der Waals surface area contributed by atoms with Crippen LogP contribution in [0, 0.1) is 5.92 Å². The number of amides is 1. The van der Waals surface area contributed by atoms with Crippen molar-refractivity contribution in [1.82, 2.24) is 49.9 Å². The van der Waals surface area contributed by atoms with Crippen LogP contribution in [0.3, 0.4) is 0 Å². The zero-order chi connectivity index (χ0) is 23.6. The second kappa shape index (κ2) is 9.49. The van der Waals surface area contributed by atoms with Gasteiger partial charge in [0.15, 0.2) is 17.3 Å². The Bertz CT molecular complexity index is 1270. The van der Waals surface area contributed by atoms with E-state index in [4.69, 9.17) is 4.98 Å². The van der Waals surface area contributed by atoms with Crippen molar-refractivity contribution < 1.29 is 4.79 Å². The number of carbonyl (C=O) groups excluding carboxylic acids is 1. The van der Waals surface area contributed by atoms with Gasteiger partial charge >= 0.3 is 0 Å². The molecule has 2 fully saturated rings. The average molecular weight is 473 g/mol.